The molecule has 0 bridgehead atoms. The Balaban J connectivity index is 2.29. The topological polar surface area (TPSA) is 20.2 Å². The summed E-state index contributed by atoms with van der Waals surface area (Å²) in [5, 5.41) is 10.2. The summed E-state index contributed by atoms with van der Waals surface area (Å²) in [5.74, 6) is 1.13. The number of hydrogen-bond donors (Lipinski definition) is 1. The monoisotopic (exact) mass is 220 g/mol. The summed E-state index contributed by atoms with van der Waals surface area (Å²) >= 11 is 0. The molecular weight excluding hydrogens is 196 g/mol. The van der Waals surface area contributed by atoms with Crippen molar-refractivity contribution in [3.63, 3.8) is 0 Å². The van der Waals surface area contributed by atoms with Gasteiger partial charge in [0.2, 0.25) is 0 Å². The van der Waals surface area contributed by atoms with Gasteiger partial charge in [-0.1, -0.05) is 44.6 Å². The molecule has 16 heavy (non-hydrogen) atoms. The van der Waals surface area contributed by atoms with E-state index in [2.05, 4.69) is 33.4 Å². The van der Waals surface area contributed by atoms with Gasteiger partial charge < -0.3 is 5.11 Å². The van der Waals surface area contributed by atoms with Crippen LogP contribution >= 0.6 is 0 Å². The summed E-state index contributed by atoms with van der Waals surface area (Å²) in [5.41, 5.74) is 2.96. The van der Waals surface area contributed by atoms with Gasteiger partial charge in [0, 0.05) is 5.41 Å². The normalized spacial score (nSPS) is 39.6. The largest absolute Gasteiger partial charge is 0.393 e. The smallest absolute Gasteiger partial charge is 0.0605 e. The molecule has 0 heterocycles. The number of rotatable bonds is 1. The fraction of sp³-hybridized carbons (Fsp3) is 0.733. The molecule has 0 amide bonds. The Labute approximate surface area is 99.3 Å². The van der Waals surface area contributed by atoms with Gasteiger partial charge in [0.15, 0.2) is 0 Å². The van der Waals surface area contributed by atoms with E-state index in [1.54, 1.807) is 5.57 Å². The van der Waals surface area contributed by atoms with Crippen LogP contribution in [0.4, 0.5) is 0 Å². The Morgan fingerprint density at radius 2 is 2.19 bits per heavy atom. The molecule has 1 nitrogen and oxygen atoms in total. The lowest BCUT2D eigenvalue weighted by molar-refractivity contribution is -0.0226. The molecular formula is C15H24O. The fourth-order valence-electron chi connectivity index (χ4n) is 3.32. The third-order valence-corrected chi connectivity index (χ3v) is 4.77. The maximum Gasteiger partial charge on any atom is 0.0605 e. The van der Waals surface area contributed by atoms with Crippen LogP contribution in [0.1, 0.15) is 46.5 Å². The third kappa shape index (κ3) is 1.75. The van der Waals surface area contributed by atoms with Crippen molar-refractivity contribution in [2.24, 2.45) is 17.3 Å². The van der Waals surface area contributed by atoms with Crippen molar-refractivity contribution in [2.75, 3.05) is 0 Å². The van der Waals surface area contributed by atoms with Gasteiger partial charge in [-0.15, -0.1) is 0 Å². The molecule has 0 aromatic carbocycles. The maximum absolute atomic E-state index is 10.2. The summed E-state index contributed by atoms with van der Waals surface area (Å²) < 4.78 is 0. The first-order valence-electron chi connectivity index (χ1n) is 6.50. The highest BCUT2D eigenvalue weighted by Crippen LogP contribution is 2.52. The first kappa shape index (κ1) is 11.9. The number of aliphatic hydroxyl groups is 1. The molecule has 1 saturated carbocycles. The quantitative estimate of drug-likeness (QED) is 0.668. The summed E-state index contributed by atoms with van der Waals surface area (Å²) in [6.07, 6.45) is 6.26. The molecule has 2 aliphatic carbocycles. The Hall–Kier alpha value is -0.560. The molecule has 0 unspecified atom stereocenters. The molecule has 2 aliphatic rings. The van der Waals surface area contributed by atoms with E-state index in [0.29, 0.717) is 11.8 Å². The summed E-state index contributed by atoms with van der Waals surface area (Å²) in [7, 11) is 0. The fourth-order valence-corrected chi connectivity index (χ4v) is 3.32. The summed E-state index contributed by atoms with van der Waals surface area (Å²) in [4.78, 5) is 0. The Morgan fingerprint density at radius 3 is 2.81 bits per heavy atom. The minimum Gasteiger partial charge on any atom is -0.393 e. The molecule has 0 aromatic rings. The number of aliphatic hydroxyl groups excluding tert-OH is 1. The van der Waals surface area contributed by atoms with E-state index in [-0.39, 0.29) is 11.5 Å². The zero-order valence-corrected chi connectivity index (χ0v) is 10.8. The van der Waals surface area contributed by atoms with E-state index >= 15 is 0 Å². The Bertz CT molecular complexity index is 326. The first-order valence-corrected chi connectivity index (χ1v) is 6.50. The minimum atomic E-state index is -0.145. The lowest BCUT2D eigenvalue weighted by atomic mass is 9.57. The van der Waals surface area contributed by atoms with Crippen LogP contribution in [-0.4, -0.2) is 11.2 Å². The SMILES string of the molecule is C=C1CC[C@@H](O)[C@@]2(C)CC=C(C(C)C)C[C@@H]12. The Kier molecular flexibility index (Phi) is 3.00. The predicted molar refractivity (Wildman–Crippen MR) is 68.1 cm³/mol. The highest BCUT2D eigenvalue weighted by Gasteiger charge is 2.46. The van der Waals surface area contributed by atoms with Crippen LogP contribution in [0, 0.1) is 17.3 Å². The molecule has 0 aliphatic heterocycles. The molecule has 1 N–H and O–H groups in total. The van der Waals surface area contributed by atoms with Crippen LogP contribution in [0.5, 0.6) is 0 Å². The van der Waals surface area contributed by atoms with Gasteiger partial charge in [-0.25, -0.2) is 0 Å². The minimum absolute atomic E-state index is 0.0493. The maximum atomic E-state index is 10.2. The van der Waals surface area contributed by atoms with Crippen molar-refractivity contribution in [1.82, 2.24) is 0 Å². The molecule has 0 aromatic heterocycles. The third-order valence-electron chi connectivity index (χ3n) is 4.77. The van der Waals surface area contributed by atoms with E-state index in [9.17, 15) is 5.11 Å². The average molecular weight is 220 g/mol. The first-order chi connectivity index (χ1) is 7.45. The number of fused-ring (bicyclic) bond motifs is 1. The second kappa shape index (κ2) is 4.03. The Morgan fingerprint density at radius 1 is 1.50 bits per heavy atom. The molecule has 0 radical (unpaired) electrons. The highest BCUT2D eigenvalue weighted by molar-refractivity contribution is 5.24. The molecule has 3 atom stereocenters. The van der Waals surface area contributed by atoms with Gasteiger partial charge >= 0.3 is 0 Å². The van der Waals surface area contributed by atoms with Crippen molar-refractivity contribution in [3.8, 4) is 0 Å². The van der Waals surface area contributed by atoms with Crippen LogP contribution in [0.15, 0.2) is 23.8 Å². The van der Waals surface area contributed by atoms with Crippen molar-refractivity contribution in [3.05, 3.63) is 23.8 Å². The van der Waals surface area contributed by atoms with E-state index < -0.39 is 0 Å². The average Bonchev–Trinajstić information content (AvgIpc) is 2.24. The van der Waals surface area contributed by atoms with Crippen LogP contribution in [-0.2, 0) is 0 Å². The summed E-state index contributed by atoms with van der Waals surface area (Å²) in [6.45, 7) is 11.0. The van der Waals surface area contributed by atoms with Crippen LogP contribution in [0.2, 0.25) is 0 Å². The lowest BCUT2D eigenvalue weighted by Gasteiger charge is -2.49. The second-order valence-electron chi connectivity index (χ2n) is 6.11. The van der Waals surface area contributed by atoms with Crippen molar-refractivity contribution in [2.45, 2.75) is 52.6 Å². The van der Waals surface area contributed by atoms with Crippen molar-refractivity contribution >= 4 is 0 Å². The van der Waals surface area contributed by atoms with Crippen LogP contribution in [0.3, 0.4) is 0 Å². The number of allylic oxidation sites excluding steroid dienone is 3. The van der Waals surface area contributed by atoms with Crippen molar-refractivity contribution < 1.29 is 5.11 Å². The number of hydrogen-bond acceptors (Lipinski definition) is 1. The molecule has 0 spiro atoms. The molecule has 2 rings (SSSR count). The second-order valence-corrected chi connectivity index (χ2v) is 6.11. The van der Waals surface area contributed by atoms with E-state index in [1.807, 2.05) is 0 Å². The van der Waals surface area contributed by atoms with Gasteiger partial charge in [0.1, 0.15) is 0 Å². The van der Waals surface area contributed by atoms with Gasteiger partial charge in [-0.2, -0.15) is 0 Å². The van der Waals surface area contributed by atoms with Gasteiger partial charge in [-0.05, 0) is 37.5 Å². The van der Waals surface area contributed by atoms with E-state index in [4.69, 9.17) is 0 Å². The van der Waals surface area contributed by atoms with Crippen LogP contribution in [0.25, 0.3) is 0 Å². The van der Waals surface area contributed by atoms with Gasteiger partial charge in [-0.3, -0.25) is 0 Å². The van der Waals surface area contributed by atoms with Crippen molar-refractivity contribution in [1.29, 1.82) is 0 Å². The van der Waals surface area contributed by atoms with E-state index in [1.165, 1.54) is 5.57 Å². The van der Waals surface area contributed by atoms with Gasteiger partial charge in [0.25, 0.3) is 0 Å². The molecule has 90 valence electrons. The van der Waals surface area contributed by atoms with Gasteiger partial charge in [0.05, 0.1) is 6.10 Å². The summed E-state index contributed by atoms with van der Waals surface area (Å²) in [6, 6.07) is 0. The molecule has 1 fully saturated rings. The standard InChI is InChI=1S/C15H24O/c1-10(2)12-7-8-15(4)13(9-12)11(3)5-6-14(15)16/h7,10,13-14,16H,3,5-6,8-9H2,1-2,4H3/t13-,14+,15-/m0/s1. The molecule has 0 saturated heterocycles. The lowest BCUT2D eigenvalue weighted by Crippen LogP contribution is -2.45. The highest BCUT2D eigenvalue weighted by atomic mass is 16.3. The van der Waals surface area contributed by atoms with Crippen LogP contribution < -0.4 is 0 Å². The van der Waals surface area contributed by atoms with E-state index in [0.717, 1.165) is 25.7 Å². The molecule has 1 heteroatoms. The predicted octanol–water partition coefficient (Wildman–Crippen LogP) is 3.70. The zero-order valence-electron chi connectivity index (χ0n) is 10.8. The zero-order chi connectivity index (χ0) is 11.9.